The number of carbonyl (C=O) groups is 1. The normalized spacial score (nSPS) is 10.7. The summed E-state index contributed by atoms with van der Waals surface area (Å²) in [4.78, 5) is 12.5. The van der Waals surface area contributed by atoms with Crippen LogP contribution >= 0.6 is 11.8 Å². The van der Waals surface area contributed by atoms with Crippen molar-refractivity contribution in [2.45, 2.75) is 31.8 Å². The van der Waals surface area contributed by atoms with Crippen LogP contribution in [0.3, 0.4) is 0 Å². The molecular weight excluding hydrogens is 358 g/mol. The lowest BCUT2D eigenvalue weighted by molar-refractivity contribution is -0.113. The van der Waals surface area contributed by atoms with Crippen LogP contribution in [0.25, 0.3) is 11.4 Å². The van der Waals surface area contributed by atoms with Crippen LogP contribution in [0, 0.1) is 0 Å². The number of hydrogen-bond acceptors (Lipinski definition) is 5. The molecule has 2 aromatic carbocycles. The molecule has 0 unspecified atom stereocenters. The summed E-state index contributed by atoms with van der Waals surface area (Å²) in [5.41, 5.74) is 4.09. The molecule has 140 valence electrons. The van der Waals surface area contributed by atoms with Crippen molar-refractivity contribution in [3.63, 3.8) is 0 Å². The summed E-state index contributed by atoms with van der Waals surface area (Å²) in [6.45, 7) is 4.17. The van der Waals surface area contributed by atoms with Gasteiger partial charge in [0.05, 0.1) is 5.75 Å². The highest BCUT2D eigenvalue weighted by Crippen LogP contribution is 2.24. The van der Waals surface area contributed by atoms with Crippen LogP contribution in [0.15, 0.2) is 53.7 Å². The third kappa shape index (κ3) is 4.31. The van der Waals surface area contributed by atoms with E-state index in [0.29, 0.717) is 11.0 Å². The molecule has 7 heteroatoms. The van der Waals surface area contributed by atoms with Gasteiger partial charge in [0, 0.05) is 11.3 Å². The summed E-state index contributed by atoms with van der Waals surface area (Å²) in [5.74, 6) is 6.81. The summed E-state index contributed by atoms with van der Waals surface area (Å²) in [6.07, 6.45) is 1.74. The molecular formula is C20H23N5OS. The van der Waals surface area contributed by atoms with Gasteiger partial charge < -0.3 is 11.2 Å². The minimum atomic E-state index is -0.0835. The van der Waals surface area contributed by atoms with E-state index < -0.39 is 0 Å². The number of nitrogens with one attached hydrogen (secondary N) is 1. The predicted octanol–water partition coefficient (Wildman–Crippen LogP) is 3.51. The van der Waals surface area contributed by atoms with Gasteiger partial charge in [-0.05, 0) is 24.0 Å². The van der Waals surface area contributed by atoms with Crippen molar-refractivity contribution < 1.29 is 4.79 Å². The highest BCUT2D eigenvalue weighted by Gasteiger charge is 2.15. The Labute approximate surface area is 163 Å². The topological polar surface area (TPSA) is 85.8 Å². The highest BCUT2D eigenvalue weighted by atomic mass is 32.2. The Balaban J connectivity index is 1.68. The molecule has 1 heterocycles. The largest absolute Gasteiger partial charge is 0.335 e. The lowest BCUT2D eigenvalue weighted by Crippen LogP contribution is -2.18. The molecule has 0 aliphatic carbocycles. The molecule has 0 fully saturated rings. The number of nitrogen functional groups attached to an aromatic ring is 1. The molecule has 0 saturated carbocycles. The van der Waals surface area contributed by atoms with Crippen molar-refractivity contribution in [3.05, 3.63) is 59.7 Å². The third-order valence-corrected chi connectivity index (χ3v) is 5.24. The lowest BCUT2D eigenvalue weighted by atomic mass is 10.0. The molecule has 0 radical (unpaired) electrons. The van der Waals surface area contributed by atoms with Crippen LogP contribution in [0.1, 0.15) is 25.0 Å². The number of nitrogens with zero attached hydrogens (tertiary/aromatic N) is 3. The Morgan fingerprint density at radius 3 is 2.33 bits per heavy atom. The summed E-state index contributed by atoms with van der Waals surface area (Å²) < 4.78 is 1.42. The van der Waals surface area contributed by atoms with Gasteiger partial charge in [-0.3, -0.25) is 4.79 Å². The minimum absolute atomic E-state index is 0.0835. The second-order valence-electron chi connectivity index (χ2n) is 6.04. The van der Waals surface area contributed by atoms with Crippen LogP contribution in [-0.2, 0) is 17.6 Å². The summed E-state index contributed by atoms with van der Waals surface area (Å²) >= 11 is 1.27. The summed E-state index contributed by atoms with van der Waals surface area (Å²) in [6, 6.07) is 15.7. The number of aryl methyl sites for hydroxylation is 2. The number of anilines is 1. The number of rotatable bonds is 7. The molecule has 0 aliphatic rings. The van der Waals surface area contributed by atoms with E-state index >= 15 is 0 Å². The smallest absolute Gasteiger partial charge is 0.234 e. The molecule has 1 aromatic heterocycles. The van der Waals surface area contributed by atoms with Crippen LogP contribution in [0.4, 0.5) is 5.69 Å². The van der Waals surface area contributed by atoms with Crippen molar-refractivity contribution in [1.29, 1.82) is 0 Å². The zero-order chi connectivity index (χ0) is 19.2. The molecule has 3 rings (SSSR count). The quantitative estimate of drug-likeness (QED) is 0.483. The first-order chi connectivity index (χ1) is 13.1. The van der Waals surface area contributed by atoms with Gasteiger partial charge in [0.2, 0.25) is 11.1 Å². The number of aromatic nitrogens is 3. The Morgan fingerprint density at radius 1 is 1.04 bits per heavy atom. The van der Waals surface area contributed by atoms with E-state index in [0.717, 1.165) is 35.2 Å². The molecule has 0 saturated heterocycles. The van der Waals surface area contributed by atoms with E-state index in [-0.39, 0.29) is 11.7 Å². The molecule has 0 atom stereocenters. The molecule has 0 aliphatic heterocycles. The van der Waals surface area contributed by atoms with E-state index in [1.807, 2.05) is 48.5 Å². The number of hydrogen-bond donors (Lipinski definition) is 2. The first-order valence-electron chi connectivity index (χ1n) is 8.93. The van der Waals surface area contributed by atoms with E-state index in [1.165, 1.54) is 16.4 Å². The van der Waals surface area contributed by atoms with E-state index in [1.54, 1.807) is 0 Å². The van der Waals surface area contributed by atoms with Crippen molar-refractivity contribution in [2.75, 3.05) is 16.9 Å². The molecule has 1 amide bonds. The maximum Gasteiger partial charge on any atom is 0.234 e. The number of carbonyl (C=O) groups excluding carboxylic acids is 1. The van der Waals surface area contributed by atoms with Crippen LogP contribution < -0.4 is 11.2 Å². The standard InChI is InChI=1S/C20H23N5OS/c1-3-14-11-8-12-15(4-2)18(14)22-17(26)13-27-20-24-23-19(25(20)21)16-9-6-5-7-10-16/h5-12H,3-4,13,21H2,1-2H3,(H,22,26). The molecule has 3 N–H and O–H groups in total. The van der Waals surface area contributed by atoms with Gasteiger partial charge >= 0.3 is 0 Å². The molecule has 6 nitrogen and oxygen atoms in total. The molecule has 3 aromatic rings. The second kappa shape index (κ2) is 8.73. The van der Waals surface area contributed by atoms with Crippen LogP contribution in [0.2, 0.25) is 0 Å². The Morgan fingerprint density at radius 2 is 1.70 bits per heavy atom. The Bertz CT molecular complexity index is 901. The van der Waals surface area contributed by atoms with Crippen LogP contribution in [0.5, 0.6) is 0 Å². The van der Waals surface area contributed by atoms with E-state index in [4.69, 9.17) is 5.84 Å². The predicted molar refractivity (Wildman–Crippen MR) is 110 cm³/mol. The Kier molecular flexibility index (Phi) is 6.13. The first kappa shape index (κ1) is 19.0. The summed E-state index contributed by atoms with van der Waals surface area (Å²) in [7, 11) is 0. The number of amides is 1. The van der Waals surface area contributed by atoms with Gasteiger partial charge in [0.1, 0.15) is 0 Å². The number of benzene rings is 2. The Hall–Kier alpha value is -2.80. The zero-order valence-electron chi connectivity index (χ0n) is 15.5. The lowest BCUT2D eigenvalue weighted by Gasteiger charge is -2.14. The monoisotopic (exact) mass is 381 g/mol. The molecule has 0 bridgehead atoms. The molecule has 27 heavy (non-hydrogen) atoms. The average molecular weight is 382 g/mol. The third-order valence-electron chi connectivity index (χ3n) is 4.29. The maximum atomic E-state index is 12.5. The molecule has 0 spiro atoms. The fourth-order valence-corrected chi connectivity index (χ4v) is 3.52. The maximum absolute atomic E-state index is 12.5. The minimum Gasteiger partial charge on any atom is -0.335 e. The second-order valence-corrected chi connectivity index (χ2v) is 6.98. The average Bonchev–Trinajstić information content (AvgIpc) is 3.07. The van der Waals surface area contributed by atoms with Crippen molar-refractivity contribution >= 4 is 23.4 Å². The van der Waals surface area contributed by atoms with E-state index in [9.17, 15) is 4.79 Å². The number of thioether (sulfide) groups is 1. The van der Waals surface area contributed by atoms with Gasteiger partial charge in [-0.15, -0.1) is 10.2 Å². The fourth-order valence-electron chi connectivity index (χ4n) is 2.87. The van der Waals surface area contributed by atoms with Crippen molar-refractivity contribution in [3.8, 4) is 11.4 Å². The fraction of sp³-hybridized carbons (Fsp3) is 0.250. The van der Waals surface area contributed by atoms with Crippen LogP contribution in [-0.4, -0.2) is 26.5 Å². The van der Waals surface area contributed by atoms with Gasteiger partial charge in [-0.2, -0.15) is 0 Å². The van der Waals surface area contributed by atoms with Gasteiger partial charge in [0.15, 0.2) is 5.82 Å². The van der Waals surface area contributed by atoms with Gasteiger partial charge in [0.25, 0.3) is 0 Å². The highest BCUT2D eigenvalue weighted by molar-refractivity contribution is 7.99. The van der Waals surface area contributed by atoms with Gasteiger partial charge in [-0.1, -0.05) is 74.1 Å². The van der Waals surface area contributed by atoms with E-state index in [2.05, 4.69) is 29.4 Å². The zero-order valence-corrected chi connectivity index (χ0v) is 16.3. The SMILES string of the molecule is CCc1cccc(CC)c1NC(=O)CSc1nnc(-c2ccccc2)n1N. The van der Waals surface area contributed by atoms with Crippen molar-refractivity contribution in [2.24, 2.45) is 0 Å². The number of nitrogens with two attached hydrogens (primary N) is 1. The summed E-state index contributed by atoms with van der Waals surface area (Å²) in [5, 5.41) is 11.8. The van der Waals surface area contributed by atoms with Gasteiger partial charge in [-0.25, -0.2) is 4.68 Å². The first-order valence-corrected chi connectivity index (χ1v) is 9.91. The van der Waals surface area contributed by atoms with Crippen molar-refractivity contribution in [1.82, 2.24) is 14.9 Å². The number of para-hydroxylation sites is 1.